The molecule has 0 bridgehead atoms. The third-order valence-corrected chi connectivity index (χ3v) is 4.63. The maximum absolute atomic E-state index is 12.2. The Bertz CT molecular complexity index is 374. The first kappa shape index (κ1) is 16.2. The Kier molecular flexibility index (Phi) is 5.58. The molecule has 1 aliphatic heterocycles. The van der Waals surface area contributed by atoms with Crippen molar-refractivity contribution in [3.8, 4) is 0 Å². The molecular weight excluding hydrogens is 272 g/mol. The maximum Gasteiger partial charge on any atom is 0.320 e. The van der Waals surface area contributed by atoms with E-state index in [0.717, 1.165) is 19.4 Å². The van der Waals surface area contributed by atoms with Gasteiger partial charge in [-0.3, -0.25) is 14.5 Å². The van der Waals surface area contributed by atoms with Crippen LogP contribution in [-0.4, -0.2) is 71.7 Å². The number of hydrogen-bond acceptors (Lipinski definition) is 4. The molecule has 21 heavy (non-hydrogen) atoms. The molecule has 1 N–H and O–H groups in total. The number of carbonyl (C=O) groups is 2. The molecule has 0 radical (unpaired) electrons. The van der Waals surface area contributed by atoms with Crippen LogP contribution in [0.2, 0.25) is 0 Å². The highest BCUT2D eigenvalue weighted by molar-refractivity contribution is 5.77. The van der Waals surface area contributed by atoms with Gasteiger partial charge in [-0.05, 0) is 32.6 Å². The van der Waals surface area contributed by atoms with Crippen molar-refractivity contribution >= 4 is 11.9 Å². The Labute approximate surface area is 126 Å². The van der Waals surface area contributed by atoms with E-state index in [1.807, 2.05) is 16.7 Å². The van der Waals surface area contributed by atoms with Gasteiger partial charge in [-0.2, -0.15) is 0 Å². The van der Waals surface area contributed by atoms with Crippen molar-refractivity contribution in [3.05, 3.63) is 0 Å². The molecule has 120 valence electrons. The summed E-state index contributed by atoms with van der Waals surface area (Å²) in [5.41, 5.74) is 0. The largest absolute Gasteiger partial charge is 0.480 e. The second kappa shape index (κ2) is 7.22. The SMILES string of the molecule is CCOC1CC(CC(=O)N2CCN(C(C)C(=O)O)CC2)C1. The molecule has 1 amide bonds. The number of amides is 1. The number of carbonyl (C=O) groups excluding carboxylic acids is 1. The fraction of sp³-hybridized carbons (Fsp3) is 0.867. The zero-order chi connectivity index (χ0) is 15.4. The van der Waals surface area contributed by atoms with Crippen LogP contribution in [-0.2, 0) is 14.3 Å². The summed E-state index contributed by atoms with van der Waals surface area (Å²) in [5.74, 6) is -0.131. The monoisotopic (exact) mass is 298 g/mol. The van der Waals surface area contributed by atoms with Crippen LogP contribution in [0.3, 0.4) is 0 Å². The van der Waals surface area contributed by atoms with Crippen molar-refractivity contribution in [3.63, 3.8) is 0 Å². The van der Waals surface area contributed by atoms with E-state index in [4.69, 9.17) is 9.84 Å². The van der Waals surface area contributed by atoms with Crippen LogP contribution in [0.25, 0.3) is 0 Å². The van der Waals surface area contributed by atoms with Gasteiger partial charge in [-0.1, -0.05) is 0 Å². The van der Waals surface area contributed by atoms with Crippen molar-refractivity contribution in [2.45, 2.75) is 45.3 Å². The molecule has 1 unspecified atom stereocenters. The van der Waals surface area contributed by atoms with Crippen LogP contribution < -0.4 is 0 Å². The normalized spacial score (nSPS) is 28.0. The van der Waals surface area contributed by atoms with E-state index < -0.39 is 12.0 Å². The molecule has 0 aromatic carbocycles. The second-order valence-corrected chi connectivity index (χ2v) is 6.05. The Morgan fingerprint density at radius 3 is 2.38 bits per heavy atom. The zero-order valence-electron chi connectivity index (χ0n) is 13.0. The highest BCUT2D eigenvalue weighted by Gasteiger charge is 2.33. The molecule has 2 aliphatic rings. The molecule has 0 aromatic heterocycles. The van der Waals surface area contributed by atoms with E-state index in [1.165, 1.54) is 0 Å². The summed E-state index contributed by atoms with van der Waals surface area (Å²) < 4.78 is 5.51. The number of hydrogen-bond donors (Lipinski definition) is 1. The van der Waals surface area contributed by atoms with Crippen LogP contribution in [0.4, 0.5) is 0 Å². The summed E-state index contributed by atoms with van der Waals surface area (Å²) in [6, 6.07) is -0.471. The Hall–Kier alpha value is -1.14. The van der Waals surface area contributed by atoms with Crippen molar-refractivity contribution in [2.75, 3.05) is 32.8 Å². The third-order valence-electron chi connectivity index (χ3n) is 4.63. The zero-order valence-corrected chi connectivity index (χ0v) is 13.0. The molecule has 6 heteroatoms. The van der Waals surface area contributed by atoms with E-state index in [9.17, 15) is 9.59 Å². The molecule has 0 spiro atoms. The van der Waals surface area contributed by atoms with E-state index in [-0.39, 0.29) is 5.91 Å². The van der Waals surface area contributed by atoms with Gasteiger partial charge in [0.05, 0.1) is 6.10 Å². The minimum atomic E-state index is -0.800. The Balaban J connectivity index is 1.68. The van der Waals surface area contributed by atoms with Gasteiger partial charge in [0, 0.05) is 39.2 Å². The van der Waals surface area contributed by atoms with Gasteiger partial charge in [0.2, 0.25) is 5.91 Å². The molecule has 1 heterocycles. The number of rotatable bonds is 6. The van der Waals surface area contributed by atoms with Crippen molar-refractivity contribution < 1.29 is 19.4 Å². The lowest BCUT2D eigenvalue weighted by Gasteiger charge is -2.39. The highest BCUT2D eigenvalue weighted by atomic mass is 16.5. The van der Waals surface area contributed by atoms with Crippen molar-refractivity contribution in [1.29, 1.82) is 0 Å². The topological polar surface area (TPSA) is 70.1 Å². The third kappa shape index (κ3) is 4.17. The van der Waals surface area contributed by atoms with Crippen molar-refractivity contribution in [2.24, 2.45) is 5.92 Å². The summed E-state index contributed by atoms with van der Waals surface area (Å²) in [7, 11) is 0. The lowest BCUT2D eigenvalue weighted by Crippen LogP contribution is -2.53. The number of ether oxygens (including phenoxy) is 1. The van der Waals surface area contributed by atoms with Gasteiger partial charge in [-0.25, -0.2) is 0 Å². The first-order chi connectivity index (χ1) is 10.0. The predicted molar refractivity (Wildman–Crippen MR) is 78.0 cm³/mol. The summed E-state index contributed by atoms with van der Waals surface area (Å²) >= 11 is 0. The number of aliphatic carboxylic acids is 1. The smallest absolute Gasteiger partial charge is 0.320 e. The fourth-order valence-electron chi connectivity index (χ4n) is 3.10. The molecule has 1 aliphatic carbocycles. The molecule has 2 rings (SSSR count). The maximum atomic E-state index is 12.2. The quantitative estimate of drug-likeness (QED) is 0.786. The lowest BCUT2D eigenvalue weighted by atomic mass is 9.79. The number of carboxylic acids is 1. The van der Waals surface area contributed by atoms with Gasteiger partial charge in [-0.15, -0.1) is 0 Å². The minimum Gasteiger partial charge on any atom is -0.480 e. The molecule has 1 atom stereocenters. The van der Waals surface area contributed by atoms with Crippen LogP contribution in [0.5, 0.6) is 0 Å². The average molecular weight is 298 g/mol. The van der Waals surface area contributed by atoms with Gasteiger partial charge >= 0.3 is 5.97 Å². The van der Waals surface area contributed by atoms with E-state index in [1.54, 1.807) is 6.92 Å². The van der Waals surface area contributed by atoms with Crippen LogP contribution in [0.1, 0.15) is 33.1 Å². The van der Waals surface area contributed by atoms with Gasteiger partial charge < -0.3 is 14.7 Å². The molecule has 0 aromatic rings. The van der Waals surface area contributed by atoms with Gasteiger partial charge in [0.1, 0.15) is 6.04 Å². The van der Waals surface area contributed by atoms with Crippen LogP contribution in [0, 0.1) is 5.92 Å². The number of nitrogens with zero attached hydrogens (tertiary/aromatic N) is 2. The fourth-order valence-corrected chi connectivity index (χ4v) is 3.10. The minimum absolute atomic E-state index is 0.206. The number of piperazine rings is 1. The van der Waals surface area contributed by atoms with Gasteiger partial charge in [0.15, 0.2) is 0 Å². The van der Waals surface area contributed by atoms with E-state index in [0.29, 0.717) is 44.6 Å². The highest BCUT2D eigenvalue weighted by Crippen LogP contribution is 2.33. The van der Waals surface area contributed by atoms with Crippen LogP contribution in [0.15, 0.2) is 0 Å². The van der Waals surface area contributed by atoms with Gasteiger partial charge in [0.25, 0.3) is 0 Å². The first-order valence-electron chi connectivity index (χ1n) is 7.87. The summed E-state index contributed by atoms with van der Waals surface area (Å²) in [6.45, 7) is 7.00. The predicted octanol–water partition coefficient (Wildman–Crippen LogP) is 0.809. The standard InChI is InChI=1S/C15H26N2O4/c1-3-21-13-8-12(9-13)10-14(18)17-6-4-16(5-7-17)11(2)15(19)20/h11-13H,3-10H2,1-2H3,(H,19,20). The lowest BCUT2D eigenvalue weighted by molar-refractivity contribution is -0.144. The molecule has 6 nitrogen and oxygen atoms in total. The summed E-state index contributed by atoms with van der Waals surface area (Å²) in [6.07, 6.45) is 2.95. The number of carboxylic acid groups (broad SMARTS) is 1. The van der Waals surface area contributed by atoms with E-state index in [2.05, 4.69) is 0 Å². The second-order valence-electron chi connectivity index (χ2n) is 6.05. The Morgan fingerprint density at radius 1 is 1.24 bits per heavy atom. The summed E-state index contributed by atoms with van der Waals surface area (Å²) in [5, 5.41) is 9.00. The molecule has 2 fully saturated rings. The van der Waals surface area contributed by atoms with E-state index >= 15 is 0 Å². The van der Waals surface area contributed by atoms with Crippen molar-refractivity contribution in [1.82, 2.24) is 9.80 Å². The Morgan fingerprint density at radius 2 is 1.86 bits per heavy atom. The molecule has 1 saturated carbocycles. The molecular formula is C15H26N2O4. The van der Waals surface area contributed by atoms with Crippen LogP contribution >= 0.6 is 0 Å². The average Bonchev–Trinajstić information content (AvgIpc) is 2.44. The molecule has 1 saturated heterocycles. The first-order valence-corrected chi connectivity index (χ1v) is 7.87. The summed E-state index contributed by atoms with van der Waals surface area (Å²) in [4.78, 5) is 27.0.